The molecule has 1 saturated heterocycles. The van der Waals surface area contributed by atoms with E-state index in [-0.39, 0.29) is 25.2 Å². The Kier molecular flexibility index (Phi) is 9.13. The van der Waals surface area contributed by atoms with Crippen LogP contribution in [-0.2, 0) is 30.4 Å². The van der Waals surface area contributed by atoms with E-state index >= 15 is 0 Å². The first kappa shape index (κ1) is 24.8. The standard InChI is InChI=1S/C19H29N7O6/c1-10(19(31)32)24-17(29)13(4-5-15(20)27)25-18(30)14(7-11-8-21-9-23-11)26-16(28)12-3-2-6-22-12/h8-10,12-14,22H,2-7H2,1H3,(H2,20,27)(H,21,23)(H,24,29)(H,25,30)(H,26,28)(H,31,32). The van der Waals surface area contributed by atoms with Crippen molar-refractivity contribution in [3.63, 3.8) is 0 Å². The molecule has 8 N–H and O–H groups in total. The van der Waals surface area contributed by atoms with Gasteiger partial charge in [0, 0.05) is 24.7 Å². The maximum absolute atomic E-state index is 13.0. The van der Waals surface area contributed by atoms with Gasteiger partial charge < -0.3 is 37.1 Å². The molecule has 4 amide bonds. The van der Waals surface area contributed by atoms with Gasteiger partial charge in [-0.05, 0) is 32.7 Å². The molecule has 1 aromatic heterocycles. The number of carbonyl (C=O) groups is 5. The topological polar surface area (TPSA) is 208 Å². The van der Waals surface area contributed by atoms with Crippen molar-refractivity contribution in [2.75, 3.05) is 6.54 Å². The summed E-state index contributed by atoms with van der Waals surface area (Å²) < 4.78 is 0. The van der Waals surface area contributed by atoms with E-state index in [1.807, 2.05) is 0 Å². The zero-order valence-corrected chi connectivity index (χ0v) is 17.7. The van der Waals surface area contributed by atoms with Crippen LogP contribution in [0.2, 0.25) is 0 Å². The van der Waals surface area contributed by atoms with E-state index in [0.717, 1.165) is 6.42 Å². The predicted molar refractivity (Wildman–Crippen MR) is 111 cm³/mol. The number of aliphatic carboxylic acids is 1. The summed E-state index contributed by atoms with van der Waals surface area (Å²) in [6, 6.07) is -3.88. The summed E-state index contributed by atoms with van der Waals surface area (Å²) in [7, 11) is 0. The van der Waals surface area contributed by atoms with E-state index in [9.17, 15) is 24.0 Å². The Morgan fingerprint density at radius 2 is 1.91 bits per heavy atom. The van der Waals surface area contributed by atoms with Gasteiger partial charge in [-0.25, -0.2) is 4.98 Å². The lowest BCUT2D eigenvalue weighted by molar-refractivity contribution is -0.142. The first-order valence-corrected chi connectivity index (χ1v) is 10.3. The van der Waals surface area contributed by atoms with Crippen LogP contribution in [0.1, 0.15) is 38.3 Å². The van der Waals surface area contributed by atoms with Gasteiger partial charge in [0.25, 0.3) is 0 Å². The van der Waals surface area contributed by atoms with E-state index in [1.54, 1.807) is 0 Å². The molecule has 1 aliphatic rings. The molecule has 13 nitrogen and oxygen atoms in total. The van der Waals surface area contributed by atoms with Gasteiger partial charge >= 0.3 is 5.97 Å². The molecule has 13 heteroatoms. The molecular weight excluding hydrogens is 422 g/mol. The van der Waals surface area contributed by atoms with Crippen molar-refractivity contribution in [2.45, 2.75) is 63.2 Å². The minimum atomic E-state index is -1.26. The van der Waals surface area contributed by atoms with Crippen LogP contribution in [0.25, 0.3) is 0 Å². The lowest BCUT2D eigenvalue weighted by Gasteiger charge is -2.24. The fourth-order valence-corrected chi connectivity index (χ4v) is 3.21. The van der Waals surface area contributed by atoms with Crippen molar-refractivity contribution < 1.29 is 29.1 Å². The smallest absolute Gasteiger partial charge is 0.325 e. The number of primary amides is 1. The van der Waals surface area contributed by atoms with Crippen molar-refractivity contribution in [3.8, 4) is 0 Å². The average molecular weight is 451 g/mol. The summed E-state index contributed by atoms with van der Waals surface area (Å²) in [5.74, 6) is -3.73. The normalized spacial score (nSPS) is 18.2. The summed E-state index contributed by atoms with van der Waals surface area (Å²) >= 11 is 0. The fourth-order valence-electron chi connectivity index (χ4n) is 3.21. The van der Waals surface area contributed by atoms with Gasteiger partial charge in [0.2, 0.25) is 23.6 Å². The number of nitrogens with two attached hydrogens (primary N) is 1. The first-order chi connectivity index (χ1) is 15.2. The third-order valence-corrected chi connectivity index (χ3v) is 5.03. The molecule has 1 fully saturated rings. The van der Waals surface area contributed by atoms with Crippen LogP contribution in [-0.4, -0.2) is 75.4 Å². The van der Waals surface area contributed by atoms with Crippen molar-refractivity contribution in [2.24, 2.45) is 5.73 Å². The number of aromatic amines is 1. The second-order valence-corrected chi connectivity index (χ2v) is 7.63. The molecule has 0 radical (unpaired) electrons. The number of nitrogens with zero attached hydrogens (tertiary/aromatic N) is 1. The van der Waals surface area contributed by atoms with Crippen LogP contribution >= 0.6 is 0 Å². The van der Waals surface area contributed by atoms with Crippen LogP contribution in [0.4, 0.5) is 0 Å². The van der Waals surface area contributed by atoms with E-state index in [2.05, 4.69) is 31.2 Å². The molecular formula is C19H29N7O6. The lowest BCUT2D eigenvalue weighted by Crippen LogP contribution is -2.57. The average Bonchev–Trinajstić information content (AvgIpc) is 3.44. The number of rotatable bonds is 12. The molecule has 0 aromatic carbocycles. The van der Waals surface area contributed by atoms with Crippen molar-refractivity contribution in [1.82, 2.24) is 31.2 Å². The van der Waals surface area contributed by atoms with E-state index < -0.39 is 47.9 Å². The van der Waals surface area contributed by atoms with Crippen LogP contribution in [0.15, 0.2) is 12.5 Å². The zero-order chi connectivity index (χ0) is 23.7. The molecule has 2 rings (SSSR count). The van der Waals surface area contributed by atoms with Gasteiger partial charge in [-0.1, -0.05) is 0 Å². The molecule has 1 aromatic rings. The largest absolute Gasteiger partial charge is 0.480 e. The zero-order valence-electron chi connectivity index (χ0n) is 17.7. The Bertz CT molecular complexity index is 822. The maximum atomic E-state index is 13.0. The van der Waals surface area contributed by atoms with Gasteiger partial charge in [-0.3, -0.25) is 24.0 Å². The van der Waals surface area contributed by atoms with E-state index in [4.69, 9.17) is 10.8 Å². The summed E-state index contributed by atoms with van der Waals surface area (Å²) in [5, 5.41) is 19.5. The third kappa shape index (κ3) is 7.65. The number of amides is 4. The second kappa shape index (κ2) is 11.8. The minimum Gasteiger partial charge on any atom is -0.480 e. The van der Waals surface area contributed by atoms with E-state index in [0.29, 0.717) is 18.7 Å². The summed E-state index contributed by atoms with van der Waals surface area (Å²) in [5.41, 5.74) is 5.74. The third-order valence-electron chi connectivity index (χ3n) is 5.03. The summed E-state index contributed by atoms with van der Waals surface area (Å²) in [6.45, 7) is 1.97. The summed E-state index contributed by atoms with van der Waals surface area (Å²) in [6.07, 6.45) is 4.16. The molecule has 176 valence electrons. The Hall–Kier alpha value is -3.48. The van der Waals surface area contributed by atoms with Gasteiger partial charge in [-0.2, -0.15) is 0 Å². The number of aromatic nitrogens is 2. The molecule has 1 aliphatic heterocycles. The van der Waals surface area contributed by atoms with Crippen LogP contribution in [0.3, 0.4) is 0 Å². The van der Waals surface area contributed by atoms with Gasteiger partial charge in [0.15, 0.2) is 0 Å². The van der Waals surface area contributed by atoms with Gasteiger partial charge in [-0.15, -0.1) is 0 Å². The van der Waals surface area contributed by atoms with Crippen LogP contribution < -0.4 is 27.0 Å². The first-order valence-electron chi connectivity index (χ1n) is 10.3. The Morgan fingerprint density at radius 3 is 2.47 bits per heavy atom. The highest BCUT2D eigenvalue weighted by Crippen LogP contribution is 2.07. The predicted octanol–water partition coefficient (Wildman–Crippen LogP) is -2.47. The number of H-pyrrole nitrogens is 1. The number of nitrogens with one attached hydrogen (secondary N) is 5. The number of hydrogen-bond donors (Lipinski definition) is 7. The van der Waals surface area contributed by atoms with Crippen molar-refractivity contribution in [3.05, 3.63) is 18.2 Å². The number of carboxylic acids is 1. The van der Waals surface area contributed by atoms with E-state index in [1.165, 1.54) is 19.4 Å². The van der Waals surface area contributed by atoms with Crippen LogP contribution in [0, 0.1) is 0 Å². The SMILES string of the molecule is CC(NC(=O)C(CCC(N)=O)NC(=O)C(Cc1cnc[nH]1)NC(=O)C1CCCN1)C(=O)O. The number of imidazole rings is 1. The van der Waals surface area contributed by atoms with Crippen molar-refractivity contribution in [1.29, 1.82) is 0 Å². The molecule has 4 unspecified atom stereocenters. The molecule has 0 bridgehead atoms. The fraction of sp³-hybridized carbons (Fsp3) is 0.579. The molecule has 2 heterocycles. The molecule has 0 spiro atoms. The second-order valence-electron chi connectivity index (χ2n) is 7.63. The molecule has 32 heavy (non-hydrogen) atoms. The Morgan fingerprint density at radius 1 is 1.19 bits per heavy atom. The summed E-state index contributed by atoms with van der Waals surface area (Å²) in [4.78, 5) is 67.1. The van der Waals surface area contributed by atoms with Gasteiger partial charge in [0.05, 0.1) is 12.4 Å². The highest BCUT2D eigenvalue weighted by molar-refractivity contribution is 5.94. The quantitative estimate of drug-likeness (QED) is 0.181. The number of hydrogen-bond acceptors (Lipinski definition) is 7. The number of carboxylic acid groups (broad SMARTS) is 1. The molecule has 4 atom stereocenters. The Labute approximate surface area is 184 Å². The minimum absolute atomic E-state index is 0.0833. The molecule has 0 saturated carbocycles. The highest BCUT2D eigenvalue weighted by Gasteiger charge is 2.31. The number of carbonyl (C=O) groups excluding carboxylic acids is 4. The van der Waals surface area contributed by atoms with Gasteiger partial charge in [0.1, 0.15) is 18.1 Å². The lowest BCUT2D eigenvalue weighted by atomic mass is 10.1. The maximum Gasteiger partial charge on any atom is 0.325 e. The van der Waals surface area contributed by atoms with Crippen LogP contribution in [0.5, 0.6) is 0 Å². The monoisotopic (exact) mass is 451 g/mol. The highest BCUT2D eigenvalue weighted by atomic mass is 16.4. The Balaban J connectivity index is 2.12. The van der Waals surface area contributed by atoms with Crippen molar-refractivity contribution >= 4 is 29.6 Å². The molecule has 0 aliphatic carbocycles.